The zero-order chi connectivity index (χ0) is 31.8. The number of benzene rings is 3. The fourth-order valence-corrected chi connectivity index (χ4v) is 4.15. The van der Waals surface area contributed by atoms with Gasteiger partial charge in [0.15, 0.2) is 0 Å². The third-order valence-corrected chi connectivity index (χ3v) is 6.89. The largest absolute Gasteiger partial charge is 0.497 e. The van der Waals surface area contributed by atoms with E-state index in [0.717, 1.165) is 18.2 Å². The van der Waals surface area contributed by atoms with E-state index >= 15 is 0 Å². The molecule has 0 aliphatic heterocycles. The van der Waals surface area contributed by atoms with Crippen LogP contribution in [-0.4, -0.2) is 14.2 Å². The summed E-state index contributed by atoms with van der Waals surface area (Å²) in [6.07, 6.45) is -3.22. The van der Waals surface area contributed by atoms with Crippen LogP contribution in [0.3, 0.4) is 0 Å². The van der Waals surface area contributed by atoms with Gasteiger partial charge in [0.25, 0.3) is 0 Å². The summed E-state index contributed by atoms with van der Waals surface area (Å²) in [5.41, 5.74) is 5.28. The Bertz CT molecular complexity index is 1220. The van der Waals surface area contributed by atoms with E-state index in [-0.39, 0.29) is 29.6 Å². The van der Waals surface area contributed by atoms with Crippen molar-refractivity contribution in [2.45, 2.75) is 112 Å². The standard InChI is InChI=1S/C13H20.C12H15F3O.C11H16O.CH4/c1-6-11-9-12(13(3,4)5)8-7-10(11)2;1-11(2,3)9-6-5-8(16-4)7-10(9)12(13,14)15;1-11(2,3)9-5-7-10(12-4)8-6-9;/h7-9H,6H2,1-5H3;5-7H,1-4H3;5-8H,1-4H3;1H4. The number of aryl methyl sites for hydroxylation is 2. The third-order valence-electron chi connectivity index (χ3n) is 6.89. The highest BCUT2D eigenvalue weighted by atomic mass is 19.4. The molecule has 0 fully saturated rings. The molecule has 0 aliphatic rings. The molecule has 5 heteroatoms. The van der Waals surface area contributed by atoms with Crippen LogP contribution in [-0.2, 0) is 28.8 Å². The van der Waals surface area contributed by atoms with Crippen molar-refractivity contribution in [3.63, 3.8) is 0 Å². The fraction of sp³-hybridized carbons (Fsp3) is 0.514. The van der Waals surface area contributed by atoms with Gasteiger partial charge in [-0.05, 0) is 81.7 Å². The average molecular weight is 589 g/mol. The SMILES string of the molecule is C.CCc1cc(C(C)(C)C)ccc1C.COc1ccc(C(C)(C)C)c(C(F)(F)F)c1.COc1ccc(C(C)(C)C)cc1. The molecule has 0 radical (unpaired) electrons. The molecule has 0 saturated carbocycles. The zero-order valence-corrected chi connectivity index (χ0v) is 27.4. The molecule has 42 heavy (non-hydrogen) atoms. The summed E-state index contributed by atoms with van der Waals surface area (Å²) < 4.78 is 48.4. The summed E-state index contributed by atoms with van der Waals surface area (Å²) in [6.45, 7) is 23.1. The van der Waals surface area contributed by atoms with Crippen LogP contribution >= 0.6 is 0 Å². The van der Waals surface area contributed by atoms with Gasteiger partial charge in [0.1, 0.15) is 11.5 Å². The molecule has 0 saturated heterocycles. The van der Waals surface area contributed by atoms with Crippen molar-refractivity contribution in [3.8, 4) is 11.5 Å². The summed E-state index contributed by atoms with van der Waals surface area (Å²) in [5, 5.41) is 0. The highest BCUT2D eigenvalue weighted by molar-refractivity contribution is 5.41. The molecule has 0 unspecified atom stereocenters. The second-order valence-electron chi connectivity index (χ2n) is 13.4. The molecule has 3 rings (SSSR count). The van der Waals surface area contributed by atoms with Gasteiger partial charge in [-0.2, -0.15) is 13.2 Å². The van der Waals surface area contributed by atoms with Gasteiger partial charge in [-0.25, -0.2) is 0 Å². The van der Waals surface area contributed by atoms with Crippen LogP contribution in [0.5, 0.6) is 11.5 Å². The van der Waals surface area contributed by atoms with Crippen molar-refractivity contribution in [2.75, 3.05) is 14.2 Å². The van der Waals surface area contributed by atoms with Gasteiger partial charge in [0.2, 0.25) is 0 Å². The quantitative estimate of drug-likeness (QED) is 0.303. The monoisotopic (exact) mass is 588 g/mol. The van der Waals surface area contributed by atoms with Crippen LogP contribution in [0.15, 0.2) is 60.7 Å². The summed E-state index contributed by atoms with van der Waals surface area (Å²) in [7, 11) is 3.04. The summed E-state index contributed by atoms with van der Waals surface area (Å²) >= 11 is 0. The van der Waals surface area contributed by atoms with Crippen LogP contribution in [0.2, 0.25) is 0 Å². The van der Waals surface area contributed by atoms with Crippen LogP contribution in [0.4, 0.5) is 13.2 Å². The molecular weight excluding hydrogens is 533 g/mol. The Hall–Kier alpha value is -2.95. The molecule has 0 amide bonds. The minimum atomic E-state index is -4.35. The van der Waals surface area contributed by atoms with Crippen molar-refractivity contribution >= 4 is 0 Å². The Labute approximate surface area is 254 Å². The minimum absolute atomic E-state index is 0. The first-order valence-corrected chi connectivity index (χ1v) is 14.1. The Morgan fingerprint density at radius 1 is 0.571 bits per heavy atom. The molecule has 0 atom stereocenters. The molecular formula is C37H55F3O2. The van der Waals surface area contributed by atoms with E-state index in [1.807, 2.05) is 12.1 Å². The van der Waals surface area contributed by atoms with Crippen molar-refractivity contribution in [1.29, 1.82) is 0 Å². The van der Waals surface area contributed by atoms with E-state index in [1.165, 1.54) is 35.4 Å². The third kappa shape index (κ3) is 12.1. The van der Waals surface area contributed by atoms with Gasteiger partial charge >= 0.3 is 6.18 Å². The number of hydrogen-bond donors (Lipinski definition) is 0. The molecule has 0 bridgehead atoms. The Morgan fingerprint density at radius 2 is 1.02 bits per heavy atom. The molecule has 0 aliphatic carbocycles. The highest BCUT2D eigenvalue weighted by Gasteiger charge is 2.36. The van der Waals surface area contributed by atoms with Crippen molar-refractivity contribution in [1.82, 2.24) is 0 Å². The Kier molecular flexibility index (Phi) is 14.4. The summed E-state index contributed by atoms with van der Waals surface area (Å²) in [5.74, 6) is 1.14. The molecule has 236 valence electrons. The minimum Gasteiger partial charge on any atom is -0.497 e. The molecule has 0 spiro atoms. The number of rotatable bonds is 3. The molecule has 0 N–H and O–H groups in total. The maximum absolute atomic E-state index is 12.8. The number of halogens is 3. The van der Waals surface area contributed by atoms with Crippen LogP contribution < -0.4 is 9.47 Å². The van der Waals surface area contributed by atoms with E-state index in [4.69, 9.17) is 9.47 Å². The average Bonchev–Trinajstić information content (AvgIpc) is 2.87. The van der Waals surface area contributed by atoms with Crippen LogP contribution in [0, 0.1) is 6.92 Å². The highest BCUT2D eigenvalue weighted by Crippen LogP contribution is 2.39. The lowest BCUT2D eigenvalue weighted by molar-refractivity contribution is -0.138. The number of methoxy groups -OCH3 is 2. The first-order chi connectivity index (χ1) is 18.6. The van der Waals surface area contributed by atoms with Gasteiger partial charge in [-0.3, -0.25) is 0 Å². The lowest BCUT2D eigenvalue weighted by atomic mass is 9.83. The Balaban J connectivity index is 0.000000600. The van der Waals surface area contributed by atoms with Crippen molar-refractivity contribution < 1.29 is 22.6 Å². The predicted molar refractivity (Wildman–Crippen MR) is 174 cm³/mol. The first kappa shape index (κ1) is 39.0. The Morgan fingerprint density at radius 3 is 1.40 bits per heavy atom. The number of alkyl halides is 3. The van der Waals surface area contributed by atoms with Gasteiger partial charge in [0.05, 0.1) is 19.8 Å². The zero-order valence-electron chi connectivity index (χ0n) is 27.4. The van der Waals surface area contributed by atoms with Crippen molar-refractivity contribution in [2.24, 2.45) is 0 Å². The maximum atomic E-state index is 12.8. The van der Waals surface area contributed by atoms with Gasteiger partial charge in [0, 0.05) is 0 Å². The maximum Gasteiger partial charge on any atom is 0.416 e. The normalized spacial score (nSPS) is 11.7. The molecule has 3 aromatic rings. The molecule has 0 heterocycles. The van der Waals surface area contributed by atoms with E-state index in [0.29, 0.717) is 0 Å². The van der Waals surface area contributed by atoms with E-state index in [1.54, 1.807) is 33.9 Å². The van der Waals surface area contributed by atoms with Crippen LogP contribution in [0.25, 0.3) is 0 Å². The lowest BCUT2D eigenvalue weighted by Gasteiger charge is -2.24. The lowest BCUT2D eigenvalue weighted by Crippen LogP contribution is -2.19. The number of ether oxygens (including phenoxy) is 2. The predicted octanol–water partition coefficient (Wildman–Crippen LogP) is 11.5. The molecule has 3 aromatic carbocycles. The smallest absolute Gasteiger partial charge is 0.416 e. The van der Waals surface area contributed by atoms with E-state index in [9.17, 15) is 13.2 Å². The second-order valence-corrected chi connectivity index (χ2v) is 13.4. The van der Waals surface area contributed by atoms with Gasteiger partial charge in [-0.15, -0.1) is 0 Å². The fourth-order valence-electron chi connectivity index (χ4n) is 4.15. The number of hydrogen-bond acceptors (Lipinski definition) is 2. The van der Waals surface area contributed by atoms with Gasteiger partial charge < -0.3 is 9.47 Å². The van der Waals surface area contributed by atoms with Crippen molar-refractivity contribution in [3.05, 3.63) is 94.0 Å². The second kappa shape index (κ2) is 15.5. The summed E-state index contributed by atoms with van der Waals surface area (Å²) in [6, 6.07) is 19.1. The van der Waals surface area contributed by atoms with E-state index < -0.39 is 17.2 Å². The topological polar surface area (TPSA) is 18.5 Å². The molecule has 2 nitrogen and oxygen atoms in total. The van der Waals surface area contributed by atoms with Crippen LogP contribution in [0.1, 0.15) is 110 Å². The van der Waals surface area contributed by atoms with E-state index in [2.05, 4.69) is 85.7 Å². The molecule has 0 aromatic heterocycles. The first-order valence-electron chi connectivity index (χ1n) is 14.1. The van der Waals surface area contributed by atoms with Gasteiger partial charge in [-0.1, -0.05) is 113 Å². The summed E-state index contributed by atoms with van der Waals surface area (Å²) in [4.78, 5) is 0.